The molecule has 0 radical (unpaired) electrons. The molecule has 1 aliphatic rings. The van der Waals surface area contributed by atoms with Gasteiger partial charge in [-0.1, -0.05) is 72.3 Å². The SMILES string of the molecule is COc1ccccc1C=CCN(CCN1CCN(C(=O)COc2ccccc2)CC1)C(=O)c1ccccc1Cl. The zero-order valence-electron chi connectivity index (χ0n) is 22.2. The molecule has 0 bridgehead atoms. The van der Waals surface area contributed by atoms with E-state index >= 15 is 0 Å². The molecule has 1 saturated heterocycles. The molecule has 0 N–H and O–H groups in total. The average Bonchev–Trinajstić information content (AvgIpc) is 2.98. The highest BCUT2D eigenvalue weighted by Gasteiger charge is 2.23. The number of benzene rings is 3. The third-order valence-electron chi connectivity index (χ3n) is 6.67. The van der Waals surface area contributed by atoms with Gasteiger partial charge in [0.05, 0.1) is 17.7 Å². The van der Waals surface area contributed by atoms with Gasteiger partial charge >= 0.3 is 0 Å². The third kappa shape index (κ3) is 8.09. The molecule has 0 unspecified atom stereocenters. The first-order valence-corrected chi connectivity index (χ1v) is 13.4. The van der Waals surface area contributed by atoms with Gasteiger partial charge in [0.15, 0.2) is 6.61 Å². The summed E-state index contributed by atoms with van der Waals surface area (Å²) in [6.45, 7) is 4.42. The standard InChI is InChI=1S/C31H34ClN3O4/c1-38-29-16-8-5-10-25(29)11-9-17-35(31(37)27-14-6-7-15-28(27)32)23-20-33-18-21-34(22-19-33)30(36)24-39-26-12-3-2-4-13-26/h2-16H,17-24H2,1H3. The number of amides is 2. The Morgan fingerprint density at radius 3 is 2.36 bits per heavy atom. The van der Waals surface area contributed by atoms with Crippen LogP contribution in [0.15, 0.2) is 84.9 Å². The fraction of sp³-hybridized carbons (Fsp3) is 0.290. The van der Waals surface area contributed by atoms with Crippen LogP contribution in [0.5, 0.6) is 11.5 Å². The largest absolute Gasteiger partial charge is 0.496 e. The Labute approximate surface area is 235 Å². The predicted molar refractivity (Wildman–Crippen MR) is 154 cm³/mol. The van der Waals surface area contributed by atoms with Gasteiger partial charge in [-0.3, -0.25) is 14.5 Å². The molecule has 0 aliphatic carbocycles. The highest BCUT2D eigenvalue weighted by molar-refractivity contribution is 6.33. The maximum Gasteiger partial charge on any atom is 0.260 e. The molecule has 8 heteroatoms. The second kappa shape index (κ2) is 14.4. The fourth-order valence-electron chi connectivity index (χ4n) is 4.43. The van der Waals surface area contributed by atoms with Crippen LogP contribution in [-0.4, -0.2) is 86.0 Å². The summed E-state index contributed by atoms with van der Waals surface area (Å²) in [6.07, 6.45) is 3.93. The van der Waals surface area contributed by atoms with Crippen molar-refractivity contribution < 1.29 is 19.1 Å². The van der Waals surface area contributed by atoms with E-state index in [4.69, 9.17) is 21.1 Å². The molecule has 0 spiro atoms. The van der Waals surface area contributed by atoms with E-state index in [0.717, 1.165) is 24.4 Å². The van der Waals surface area contributed by atoms with E-state index in [2.05, 4.69) is 4.90 Å². The van der Waals surface area contributed by atoms with Crippen LogP contribution in [-0.2, 0) is 4.79 Å². The van der Waals surface area contributed by atoms with Crippen LogP contribution in [0.1, 0.15) is 15.9 Å². The van der Waals surface area contributed by atoms with Crippen LogP contribution in [0, 0.1) is 0 Å². The number of rotatable bonds is 11. The highest BCUT2D eigenvalue weighted by Crippen LogP contribution is 2.20. The molecule has 1 heterocycles. The number of carbonyl (C=O) groups is 2. The number of methoxy groups -OCH3 is 1. The lowest BCUT2D eigenvalue weighted by Gasteiger charge is -2.35. The van der Waals surface area contributed by atoms with E-state index in [0.29, 0.717) is 49.1 Å². The molecule has 1 fully saturated rings. The summed E-state index contributed by atoms with van der Waals surface area (Å²) in [5, 5.41) is 0.436. The summed E-state index contributed by atoms with van der Waals surface area (Å²) in [5.41, 5.74) is 1.43. The molecule has 204 valence electrons. The third-order valence-corrected chi connectivity index (χ3v) is 7.00. The first-order valence-electron chi connectivity index (χ1n) is 13.1. The van der Waals surface area contributed by atoms with Crippen molar-refractivity contribution in [1.82, 2.24) is 14.7 Å². The first kappa shape index (κ1) is 28.2. The van der Waals surface area contributed by atoms with E-state index in [-0.39, 0.29) is 18.4 Å². The van der Waals surface area contributed by atoms with E-state index in [9.17, 15) is 9.59 Å². The average molecular weight is 548 g/mol. The lowest BCUT2D eigenvalue weighted by atomic mass is 10.1. The summed E-state index contributed by atoms with van der Waals surface area (Å²) in [7, 11) is 1.64. The monoisotopic (exact) mass is 547 g/mol. The molecular formula is C31H34ClN3O4. The van der Waals surface area contributed by atoms with Crippen molar-refractivity contribution in [3.63, 3.8) is 0 Å². The van der Waals surface area contributed by atoms with Crippen molar-refractivity contribution in [1.29, 1.82) is 0 Å². The molecule has 7 nitrogen and oxygen atoms in total. The van der Waals surface area contributed by atoms with Crippen LogP contribution in [0.25, 0.3) is 6.08 Å². The second-order valence-electron chi connectivity index (χ2n) is 9.20. The van der Waals surface area contributed by atoms with Gasteiger partial charge in [-0.25, -0.2) is 0 Å². The minimum Gasteiger partial charge on any atom is -0.496 e. The molecule has 4 rings (SSSR count). The first-order chi connectivity index (χ1) is 19.0. The molecule has 39 heavy (non-hydrogen) atoms. The van der Waals surface area contributed by atoms with E-state index in [1.165, 1.54) is 0 Å². The van der Waals surface area contributed by atoms with Gasteiger partial charge < -0.3 is 19.3 Å². The molecular weight excluding hydrogens is 514 g/mol. The molecule has 0 atom stereocenters. The number of halogens is 1. The van der Waals surface area contributed by atoms with Gasteiger partial charge in [-0.2, -0.15) is 0 Å². The molecule has 3 aromatic rings. The van der Waals surface area contributed by atoms with Gasteiger partial charge in [0.2, 0.25) is 0 Å². The van der Waals surface area contributed by atoms with Crippen molar-refractivity contribution in [2.45, 2.75) is 0 Å². The zero-order valence-corrected chi connectivity index (χ0v) is 22.9. The Bertz CT molecular complexity index is 1260. The molecule has 0 saturated carbocycles. The Morgan fingerprint density at radius 1 is 0.923 bits per heavy atom. The minimum absolute atomic E-state index is 0.0181. The van der Waals surface area contributed by atoms with E-state index in [1.54, 1.807) is 24.1 Å². The number of nitrogens with zero attached hydrogens (tertiary/aromatic N) is 3. The van der Waals surface area contributed by atoms with Gasteiger partial charge in [-0.05, 0) is 30.3 Å². The number of piperazine rings is 1. The summed E-state index contributed by atoms with van der Waals surface area (Å²) in [6, 6.07) is 24.2. The van der Waals surface area contributed by atoms with Gasteiger partial charge in [0, 0.05) is 51.4 Å². The van der Waals surface area contributed by atoms with Crippen molar-refractivity contribution in [2.75, 3.05) is 59.5 Å². The van der Waals surface area contributed by atoms with Crippen LogP contribution >= 0.6 is 11.6 Å². The lowest BCUT2D eigenvalue weighted by Crippen LogP contribution is -2.51. The molecule has 0 aromatic heterocycles. The molecule has 2 amide bonds. The van der Waals surface area contributed by atoms with Crippen LogP contribution in [0.2, 0.25) is 5.02 Å². The van der Waals surface area contributed by atoms with Gasteiger partial charge in [0.1, 0.15) is 11.5 Å². The van der Waals surface area contributed by atoms with Crippen LogP contribution < -0.4 is 9.47 Å². The Balaban J connectivity index is 1.33. The number of hydrogen-bond acceptors (Lipinski definition) is 5. The number of carbonyl (C=O) groups excluding carboxylic acids is 2. The number of ether oxygens (including phenoxy) is 2. The smallest absolute Gasteiger partial charge is 0.260 e. The summed E-state index contributed by atoms with van der Waals surface area (Å²) in [4.78, 5) is 32.0. The lowest BCUT2D eigenvalue weighted by molar-refractivity contribution is -0.135. The van der Waals surface area contributed by atoms with Crippen LogP contribution in [0.4, 0.5) is 0 Å². The number of para-hydroxylation sites is 2. The van der Waals surface area contributed by atoms with E-state index < -0.39 is 0 Å². The van der Waals surface area contributed by atoms with Gasteiger partial charge in [0.25, 0.3) is 11.8 Å². The summed E-state index contributed by atoms with van der Waals surface area (Å²) in [5.74, 6) is 1.33. The highest BCUT2D eigenvalue weighted by atomic mass is 35.5. The molecule has 3 aromatic carbocycles. The normalized spacial score (nSPS) is 13.8. The fourth-order valence-corrected chi connectivity index (χ4v) is 4.64. The maximum atomic E-state index is 13.4. The van der Waals surface area contributed by atoms with Crippen LogP contribution in [0.3, 0.4) is 0 Å². The predicted octanol–water partition coefficient (Wildman–Crippen LogP) is 4.73. The minimum atomic E-state index is -0.114. The zero-order chi connectivity index (χ0) is 27.5. The Hall–Kier alpha value is -3.81. The number of hydrogen-bond donors (Lipinski definition) is 0. The van der Waals surface area contributed by atoms with Crippen molar-refractivity contribution in [3.8, 4) is 11.5 Å². The summed E-state index contributed by atoms with van der Waals surface area (Å²) >= 11 is 6.35. The topological polar surface area (TPSA) is 62.3 Å². The van der Waals surface area contributed by atoms with Crippen molar-refractivity contribution in [2.24, 2.45) is 0 Å². The summed E-state index contributed by atoms with van der Waals surface area (Å²) < 4.78 is 11.0. The second-order valence-corrected chi connectivity index (χ2v) is 9.61. The molecule has 1 aliphatic heterocycles. The quantitative estimate of drug-likeness (QED) is 0.347. The Morgan fingerprint density at radius 2 is 1.62 bits per heavy atom. The maximum absolute atomic E-state index is 13.4. The van der Waals surface area contributed by atoms with Crippen molar-refractivity contribution in [3.05, 3.63) is 101 Å². The van der Waals surface area contributed by atoms with Gasteiger partial charge in [-0.15, -0.1) is 0 Å². The van der Waals surface area contributed by atoms with E-state index in [1.807, 2.05) is 83.8 Å². The van der Waals surface area contributed by atoms with Crippen molar-refractivity contribution >= 4 is 29.5 Å². The Kier molecular flexibility index (Phi) is 10.4.